The largest absolute Gasteiger partial charge is 0.480 e. The normalized spacial score (nSPS) is 19.1. The third kappa shape index (κ3) is 4.10. The molecule has 0 saturated heterocycles. The second kappa shape index (κ2) is 7.73. The molecule has 0 fully saturated rings. The second-order valence-electron chi connectivity index (χ2n) is 7.77. The standard InChI is InChI=1S/C20H29NO5S/c1-11-12(2)17-15(13(3)16(11)25-14(4)24)7-8-20(6,26-17)18(27)21-19(5,9-22)10-23/h22-23H,7-10H2,1-6H3,(H,21,27). The number of aliphatic hydroxyl groups is 2. The third-order valence-corrected chi connectivity index (χ3v) is 5.86. The fourth-order valence-corrected chi connectivity index (χ4v) is 3.62. The van der Waals surface area contributed by atoms with Crippen molar-refractivity contribution in [3.05, 3.63) is 22.3 Å². The molecule has 0 saturated carbocycles. The summed E-state index contributed by atoms with van der Waals surface area (Å²) in [5, 5.41) is 22.1. The summed E-state index contributed by atoms with van der Waals surface area (Å²) in [4.78, 5) is 11.9. The van der Waals surface area contributed by atoms with Crippen LogP contribution in [0.4, 0.5) is 0 Å². The lowest BCUT2D eigenvalue weighted by atomic mass is 9.86. The van der Waals surface area contributed by atoms with Gasteiger partial charge < -0.3 is 25.0 Å². The Morgan fingerprint density at radius 2 is 1.85 bits per heavy atom. The van der Waals surface area contributed by atoms with E-state index in [1.807, 2.05) is 27.7 Å². The summed E-state index contributed by atoms with van der Waals surface area (Å²) in [5.74, 6) is 1.01. The number of carbonyl (C=O) groups excluding carboxylic acids is 1. The van der Waals surface area contributed by atoms with E-state index < -0.39 is 11.1 Å². The van der Waals surface area contributed by atoms with Crippen molar-refractivity contribution < 1.29 is 24.5 Å². The molecule has 1 aliphatic heterocycles. The monoisotopic (exact) mass is 395 g/mol. The molecule has 1 aliphatic rings. The number of thiocarbonyl (C=S) groups is 1. The van der Waals surface area contributed by atoms with Crippen molar-refractivity contribution in [3.63, 3.8) is 0 Å². The van der Waals surface area contributed by atoms with E-state index in [-0.39, 0.29) is 19.2 Å². The molecule has 2 rings (SSSR count). The van der Waals surface area contributed by atoms with Gasteiger partial charge in [0.15, 0.2) is 5.60 Å². The molecule has 3 N–H and O–H groups in total. The minimum atomic E-state index is -0.913. The summed E-state index contributed by atoms with van der Waals surface area (Å²) in [6.45, 7) is 10.3. The number of benzene rings is 1. The summed E-state index contributed by atoms with van der Waals surface area (Å²) < 4.78 is 11.8. The van der Waals surface area contributed by atoms with Gasteiger partial charge in [-0.3, -0.25) is 4.79 Å². The van der Waals surface area contributed by atoms with Crippen LogP contribution in [-0.4, -0.2) is 45.5 Å². The second-order valence-corrected chi connectivity index (χ2v) is 8.18. The van der Waals surface area contributed by atoms with Gasteiger partial charge in [0.25, 0.3) is 0 Å². The highest BCUT2D eigenvalue weighted by molar-refractivity contribution is 7.80. The zero-order valence-electron chi connectivity index (χ0n) is 16.9. The molecule has 1 unspecified atom stereocenters. The van der Waals surface area contributed by atoms with Gasteiger partial charge in [-0.15, -0.1) is 0 Å². The lowest BCUT2D eigenvalue weighted by Crippen LogP contribution is -2.59. The van der Waals surface area contributed by atoms with Crippen molar-refractivity contribution in [3.8, 4) is 11.5 Å². The summed E-state index contributed by atoms with van der Waals surface area (Å²) >= 11 is 5.56. The number of hydrogen-bond acceptors (Lipinski definition) is 6. The van der Waals surface area contributed by atoms with Crippen LogP contribution in [0.25, 0.3) is 0 Å². The highest BCUT2D eigenvalue weighted by atomic mass is 32.1. The Bertz CT molecular complexity index is 772. The summed E-state index contributed by atoms with van der Waals surface area (Å²) in [7, 11) is 0. The van der Waals surface area contributed by atoms with Gasteiger partial charge in [-0.2, -0.15) is 0 Å². The van der Waals surface area contributed by atoms with E-state index in [0.717, 1.165) is 28.0 Å². The molecule has 1 aromatic rings. The number of nitrogens with one attached hydrogen (secondary N) is 1. The molecule has 7 heteroatoms. The predicted octanol–water partition coefficient (Wildman–Crippen LogP) is 2.28. The lowest BCUT2D eigenvalue weighted by molar-refractivity contribution is -0.132. The van der Waals surface area contributed by atoms with E-state index >= 15 is 0 Å². The third-order valence-electron chi connectivity index (χ3n) is 5.33. The average Bonchev–Trinajstić information content (AvgIpc) is 2.63. The molecule has 0 amide bonds. The molecule has 0 radical (unpaired) electrons. The minimum absolute atomic E-state index is 0.251. The van der Waals surface area contributed by atoms with Crippen molar-refractivity contribution in [2.45, 2.75) is 65.5 Å². The number of hydrogen-bond donors (Lipinski definition) is 3. The average molecular weight is 396 g/mol. The Balaban J connectivity index is 2.40. The van der Waals surface area contributed by atoms with E-state index in [2.05, 4.69) is 5.32 Å². The van der Waals surface area contributed by atoms with E-state index in [1.54, 1.807) is 6.92 Å². The molecule has 1 heterocycles. The van der Waals surface area contributed by atoms with Crippen LogP contribution in [0.5, 0.6) is 11.5 Å². The van der Waals surface area contributed by atoms with Crippen molar-refractivity contribution >= 4 is 23.2 Å². The van der Waals surface area contributed by atoms with E-state index in [1.165, 1.54) is 6.92 Å². The van der Waals surface area contributed by atoms with Gasteiger partial charge in [0.05, 0.1) is 18.8 Å². The van der Waals surface area contributed by atoms with E-state index in [4.69, 9.17) is 21.7 Å². The SMILES string of the molecule is CC(=O)Oc1c(C)c(C)c2c(c1C)CCC(C)(C(=S)NC(C)(CO)CO)O2. The molecule has 0 spiro atoms. The number of aliphatic hydroxyl groups excluding tert-OH is 2. The number of ether oxygens (including phenoxy) is 2. The van der Waals surface area contributed by atoms with E-state index in [9.17, 15) is 15.0 Å². The summed E-state index contributed by atoms with van der Waals surface area (Å²) in [6, 6.07) is 0. The first kappa shape index (κ1) is 21.6. The fraction of sp³-hybridized carbons (Fsp3) is 0.600. The Morgan fingerprint density at radius 1 is 1.26 bits per heavy atom. The van der Waals surface area contributed by atoms with Crippen LogP contribution in [0.2, 0.25) is 0 Å². The first-order chi connectivity index (χ1) is 12.5. The van der Waals surface area contributed by atoms with Gasteiger partial charge in [-0.25, -0.2) is 0 Å². The van der Waals surface area contributed by atoms with Crippen molar-refractivity contribution in [2.75, 3.05) is 13.2 Å². The van der Waals surface area contributed by atoms with Crippen molar-refractivity contribution in [2.24, 2.45) is 0 Å². The van der Waals surface area contributed by atoms with Crippen LogP contribution in [0.15, 0.2) is 0 Å². The summed E-state index contributed by atoms with van der Waals surface area (Å²) in [6.07, 6.45) is 1.34. The molecule has 27 heavy (non-hydrogen) atoms. The van der Waals surface area contributed by atoms with Crippen molar-refractivity contribution in [1.29, 1.82) is 0 Å². The maximum Gasteiger partial charge on any atom is 0.308 e. The van der Waals surface area contributed by atoms with Crippen LogP contribution in [0, 0.1) is 20.8 Å². The van der Waals surface area contributed by atoms with Crippen LogP contribution in [0.3, 0.4) is 0 Å². The molecular weight excluding hydrogens is 366 g/mol. The first-order valence-electron chi connectivity index (χ1n) is 9.02. The van der Waals surface area contributed by atoms with Crippen LogP contribution >= 0.6 is 12.2 Å². The quantitative estimate of drug-likeness (QED) is 0.400. The maximum atomic E-state index is 11.5. The number of carbonyl (C=O) groups is 1. The molecular formula is C20H29NO5S. The van der Waals surface area contributed by atoms with Gasteiger partial charge in [0.1, 0.15) is 16.5 Å². The molecule has 6 nitrogen and oxygen atoms in total. The van der Waals surface area contributed by atoms with Gasteiger partial charge in [0, 0.05) is 12.5 Å². The Hall–Kier alpha value is -1.70. The molecule has 1 atom stereocenters. The number of esters is 1. The van der Waals surface area contributed by atoms with Crippen LogP contribution in [0.1, 0.15) is 49.4 Å². The van der Waals surface area contributed by atoms with Gasteiger partial charge in [0.2, 0.25) is 0 Å². The van der Waals surface area contributed by atoms with E-state index in [0.29, 0.717) is 23.6 Å². The molecule has 0 aromatic heterocycles. The Morgan fingerprint density at radius 3 is 2.37 bits per heavy atom. The smallest absolute Gasteiger partial charge is 0.308 e. The van der Waals surface area contributed by atoms with Gasteiger partial charge in [-0.05, 0) is 64.2 Å². The molecule has 0 aliphatic carbocycles. The lowest BCUT2D eigenvalue weighted by Gasteiger charge is -2.41. The summed E-state index contributed by atoms with van der Waals surface area (Å²) in [5.41, 5.74) is 2.01. The predicted molar refractivity (Wildman–Crippen MR) is 108 cm³/mol. The zero-order chi connectivity index (χ0) is 20.6. The number of rotatable bonds is 5. The Kier molecular flexibility index (Phi) is 6.19. The molecule has 150 valence electrons. The highest BCUT2D eigenvalue weighted by Gasteiger charge is 2.40. The zero-order valence-corrected chi connectivity index (χ0v) is 17.7. The fourth-order valence-electron chi connectivity index (χ4n) is 3.23. The maximum absolute atomic E-state index is 11.5. The van der Waals surface area contributed by atoms with Gasteiger partial charge >= 0.3 is 5.97 Å². The topological polar surface area (TPSA) is 88.0 Å². The first-order valence-corrected chi connectivity index (χ1v) is 9.43. The van der Waals surface area contributed by atoms with Crippen LogP contribution < -0.4 is 14.8 Å². The number of fused-ring (bicyclic) bond motifs is 1. The molecule has 0 bridgehead atoms. The van der Waals surface area contributed by atoms with Crippen LogP contribution in [-0.2, 0) is 11.2 Å². The van der Waals surface area contributed by atoms with Crippen molar-refractivity contribution in [1.82, 2.24) is 5.32 Å². The van der Waals surface area contributed by atoms with Gasteiger partial charge in [-0.1, -0.05) is 12.2 Å². The minimum Gasteiger partial charge on any atom is -0.480 e. The molecule has 1 aromatic carbocycles. The highest BCUT2D eigenvalue weighted by Crippen LogP contribution is 2.44. The Labute approximate surface area is 165 Å².